The first-order valence-corrected chi connectivity index (χ1v) is 9.69. The average molecular weight is 330 g/mol. The number of amidine groups is 1. The number of nitrogens with one attached hydrogen (secondary N) is 2. The quantitative estimate of drug-likeness (QED) is 0.421. The molecule has 1 saturated heterocycles. The maximum absolute atomic E-state index is 8.30. The Bertz CT molecular complexity index is 486. The molecular formula is C21H35N3. The summed E-state index contributed by atoms with van der Waals surface area (Å²) in [6.07, 6.45) is 6.36. The van der Waals surface area contributed by atoms with Gasteiger partial charge in [0, 0.05) is 12.5 Å². The highest BCUT2D eigenvalue weighted by Gasteiger charge is 2.12. The van der Waals surface area contributed by atoms with Crippen LogP contribution in [0.15, 0.2) is 24.3 Å². The van der Waals surface area contributed by atoms with Gasteiger partial charge in [-0.25, -0.2) is 0 Å². The minimum atomic E-state index is 0.146. The second-order valence-corrected chi connectivity index (χ2v) is 7.66. The molecule has 1 aliphatic heterocycles. The maximum Gasteiger partial charge on any atom is 0.101 e. The van der Waals surface area contributed by atoms with Crippen molar-refractivity contribution in [2.45, 2.75) is 58.8 Å². The van der Waals surface area contributed by atoms with Crippen LogP contribution in [-0.2, 0) is 6.42 Å². The first-order chi connectivity index (χ1) is 11.6. The van der Waals surface area contributed by atoms with E-state index >= 15 is 0 Å². The van der Waals surface area contributed by atoms with Gasteiger partial charge in [-0.3, -0.25) is 5.41 Å². The van der Waals surface area contributed by atoms with Crippen molar-refractivity contribution in [3.63, 3.8) is 0 Å². The number of likely N-dealkylation sites (tertiary alicyclic amines) is 1. The zero-order chi connectivity index (χ0) is 17.4. The first-order valence-electron chi connectivity index (χ1n) is 9.69. The predicted molar refractivity (Wildman–Crippen MR) is 104 cm³/mol. The Morgan fingerprint density at radius 1 is 1.08 bits per heavy atom. The van der Waals surface area contributed by atoms with Crippen molar-refractivity contribution < 1.29 is 0 Å². The van der Waals surface area contributed by atoms with Crippen molar-refractivity contribution in [3.05, 3.63) is 35.4 Å². The van der Waals surface area contributed by atoms with Crippen molar-refractivity contribution >= 4 is 5.84 Å². The summed E-state index contributed by atoms with van der Waals surface area (Å²) in [4.78, 5) is 2.56. The number of nitrogens with zero attached hydrogens (tertiary/aromatic N) is 1. The number of rotatable bonds is 8. The molecule has 1 aromatic carbocycles. The van der Waals surface area contributed by atoms with Gasteiger partial charge in [0.25, 0.3) is 0 Å². The first kappa shape index (κ1) is 19.0. The SMILES string of the molecule is CC(C)Cc1ccc(C(C)C(=N)NCCCN2CCCCC2)cc1. The average Bonchev–Trinajstić information content (AvgIpc) is 2.59. The van der Waals surface area contributed by atoms with Crippen molar-refractivity contribution in [2.75, 3.05) is 26.2 Å². The van der Waals surface area contributed by atoms with Crippen molar-refractivity contribution in [1.82, 2.24) is 10.2 Å². The smallest absolute Gasteiger partial charge is 0.101 e. The van der Waals surface area contributed by atoms with Gasteiger partial charge in [-0.2, -0.15) is 0 Å². The molecule has 1 unspecified atom stereocenters. The summed E-state index contributed by atoms with van der Waals surface area (Å²) < 4.78 is 0. The van der Waals surface area contributed by atoms with Gasteiger partial charge in [-0.1, -0.05) is 51.5 Å². The van der Waals surface area contributed by atoms with Gasteiger partial charge in [-0.05, 0) is 62.4 Å². The van der Waals surface area contributed by atoms with Crippen LogP contribution in [0.3, 0.4) is 0 Å². The van der Waals surface area contributed by atoms with Crippen molar-refractivity contribution in [2.24, 2.45) is 5.92 Å². The number of piperidine rings is 1. The molecule has 2 rings (SSSR count). The van der Waals surface area contributed by atoms with E-state index in [1.54, 1.807) is 0 Å². The van der Waals surface area contributed by atoms with Gasteiger partial charge in [-0.15, -0.1) is 0 Å². The van der Waals surface area contributed by atoms with Gasteiger partial charge in [0.15, 0.2) is 0 Å². The third kappa shape index (κ3) is 6.27. The molecular weight excluding hydrogens is 294 g/mol. The zero-order valence-electron chi connectivity index (χ0n) is 15.8. The van der Waals surface area contributed by atoms with E-state index in [4.69, 9.17) is 5.41 Å². The van der Waals surface area contributed by atoms with Gasteiger partial charge in [0.05, 0.1) is 0 Å². The van der Waals surface area contributed by atoms with E-state index < -0.39 is 0 Å². The van der Waals surface area contributed by atoms with E-state index in [2.05, 4.69) is 55.3 Å². The molecule has 0 spiro atoms. The van der Waals surface area contributed by atoms with Gasteiger partial charge in [0.2, 0.25) is 0 Å². The maximum atomic E-state index is 8.30. The third-order valence-electron chi connectivity index (χ3n) is 4.97. The molecule has 1 fully saturated rings. The normalized spacial score (nSPS) is 17.0. The van der Waals surface area contributed by atoms with Gasteiger partial charge >= 0.3 is 0 Å². The van der Waals surface area contributed by atoms with E-state index in [1.807, 2.05) is 0 Å². The zero-order valence-corrected chi connectivity index (χ0v) is 15.8. The molecule has 0 saturated carbocycles. The van der Waals surface area contributed by atoms with Crippen LogP contribution >= 0.6 is 0 Å². The fourth-order valence-corrected chi connectivity index (χ4v) is 3.44. The van der Waals surface area contributed by atoms with E-state index in [0.717, 1.165) is 19.4 Å². The Balaban J connectivity index is 1.71. The molecule has 0 aromatic heterocycles. The summed E-state index contributed by atoms with van der Waals surface area (Å²) in [6.45, 7) is 11.2. The molecule has 3 nitrogen and oxygen atoms in total. The fraction of sp³-hybridized carbons (Fsp3) is 0.667. The molecule has 1 atom stereocenters. The summed E-state index contributed by atoms with van der Waals surface area (Å²) >= 11 is 0. The molecule has 0 radical (unpaired) electrons. The summed E-state index contributed by atoms with van der Waals surface area (Å²) in [6, 6.07) is 8.81. The topological polar surface area (TPSA) is 39.1 Å². The molecule has 0 aliphatic carbocycles. The highest BCUT2D eigenvalue weighted by Crippen LogP contribution is 2.18. The van der Waals surface area contributed by atoms with Crippen LogP contribution in [0.25, 0.3) is 0 Å². The molecule has 0 amide bonds. The van der Waals surface area contributed by atoms with E-state index in [0.29, 0.717) is 11.8 Å². The van der Waals surface area contributed by atoms with Crippen LogP contribution in [0.5, 0.6) is 0 Å². The molecule has 24 heavy (non-hydrogen) atoms. The highest BCUT2D eigenvalue weighted by atomic mass is 15.1. The predicted octanol–water partition coefficient (Wildman–Crippen LogP) is 4.43. The van der Waals surface area contributed by atoms with E-state index in [9.17, 15) is 0 Å². The van der Waals surface area contributed by atoms with Crippen LogP contribution < -0.4 is 5.32 Å². The molecule has 134 valence electrons. The second-order valence-electron chi connectivity index (χ2n) is 7.66. The lowest BCUT2D eigenvalue weighted by molar-refractivity contribution is 0.227. The van der Waals surface area contributed by atoms with Crippen LogP contribution in [0.2, 0.25) is 0 Å². The van der Waals surface area contributed by atoms with Crippen molar-refractivity contribution in [1.29, 1.82) is 5.41 Å². The van der Waals surface area contributed by atoms with Crippen molar-refractivity contribution in [3.8, 4) is 0 Å². The largest absolute Gasteiger partial charge is 0.373 e. The molecule has 0 bridgehead atoms. The Morgan fingerprint density at radius 2 is 1.75 bits per heavy atom. The van der Waals surface area contributed by atoms with Gasteiger partial charge < -0.3 is 10.2 Å². The van der Waals surface area contributed by atoms with Gasteiger partial charge in [0.1, 0.15) is 5.84 Å². The molecule has 2 N–H and O–H groups in total. The minimum absolute atomic E-state index is 0.146. The van der Waals surface area contributed by atoms with Crippen LogP contribution in [0.4, 0.5) is 0 Å². The highest BCUT2D eigenvalue weighted by molar-refractivity contribution is 5.85. The van der Waals surface area contributed by atoms with Crippen LogP contribution in [-0.4, -0.2) is 36.9 Å². The summed E-state index contributed by atoms with van der Waals surface area (Å²) in [5, 5.41) is 11.6. The number of hydrogen-bond donors (Lipinski definition) is 2. The lowest BCUT2D eigenvalue weighted by atomic mass is 9.96. The second kappa shape index (κ2) is 9.83. The molecule has 1 heterocycles. The third-order valence-corrected chi connectivity index (χ3v) is 4.97. The van der Waals surface area contributed by atoms with Crippen LogP contribution in [0, 0.1) is 11.3 Å². The molecule has 1 aliphatic rings. The monoisotopic (exact) mass is 329 g/mol. The lowest BCUT2D eigenvalue weighted by Crippen LogP contribution is -2.34. The Kier molecular flexibility index (Phi) is 7.77. The Hall–Kier alpha value is -1.35. The minimum Gasteiger partial charge on any atom is -0.373 e. The van der Waals surface area contributed by atoms with E-state index in [-0.39, 0.29) is 5.92 Å². The van der Waals surface area contributed by atoms with Crippen LogP contribution in [0.1, 0.15) is 63.5 Å². The number of benzene rings is 1. The number of hydrogen-bond acceptors (Lipinski definition) is 2. The Labute approximate surface area is 148 Å². The molecule has 1 aromatic rings. The Morgan fingerprint density at radius 3 is 2.38 bits per heavy atom. The summed E-state index contributed by atoms with van der Waals surface area (Å²) in [5.41, 5.74) is 2.62. The fourth-order valence-electron chi connectivity index (χ4n) is 3.44. The lowest BCUT2D eigenvalue weighted by Gasteiger charge is -2.26. The summed E-state index contributed by atoms with van der Waals surface area (Å²) in [5.74, 6) is 1.48. The molecule has 3 heteroatoms. The van der Waals surface area contributed by atoms with E-state index in [1.165, 1.54) is 50.0 Å². The standard InChI is InChI=1S/C21H35N3/c1-17(2)16-19-8-10-20(11-9-19)18(3)21(22)23-12-7-15-24-13-5-4-6-14-24/h8-11,17-18H,4-7,12-16H2,1-3H3,(H2,22,23). The summed E-state index contributed by atoms with van der Waals surface area (Å²) in [7, 11) is 0.